The molecular weight excluding hydrogens is 359 g/mol. The summed E-state index contributed by atoms with van der Waals surface area (Å²) in [6.45, 7) is 2.38. The second-order valence-corrected chi connectivity index (χ2v) is 9.31. The van der Waals surface area contributed by atoms with Crippen molar-refractivity contribution in [2.45, 2.75) is 62.0 Å². The number of hydrogen-bond acceptors (Lipinski definition) is 2. The summed E-state index contributed by atoms with van der Waals surface area (Å²) in [5.74, 6) is 0.0132. The Kier molecular flexibility index (Phi) is 4.04. The summed E-state index contributed by atoms with van der Waals surface area (Å²) in [7, 11) is 0. The van der Waals surface area contributed by atoms with Crippen molar-refractivity contribution in [1.29, 1.82) is 0 Å². The minimum absolute atomic E-state index is 0.0243. The zero-order valence-electron chi connectivity index (χ0n) is 14.2. The smallest absolute Gasteiger partial charge is 0.251 e. The van der Waals surface area contributed by atoms with E-state index in [2.05, 4.69) is 5.32 Å². The molecule has 0 aromatic heterocycles. The molecule has 0 aliphatic heterocycles. The van der Waals surface area contributed by atoms with Crippen molar-refractivity contribution >= 4 is 35.0 Å². The monoisotopic (exact) mass is 380 g/mol. The van der Waals surface area contributed by atoms with Crippen LogP contribution in [0, 0.1) is 5.41 Å². The first-order valence-electron chi connectivity index (χ1n) is 8.89. The van der Waals surface area contributed by atoms with E-state index in [0.717, 1.165) is 31.2 Å². The largest absolute Gasteiger partial charge is 0.349 e. The first-order chi connectivity index (χ1) is 11.8. The SMILES string of the molecule is CC1(C(=O)N(Cc2ccc(C(=O)NC3CC3)cc2)C2CC2)CC1(Cl)Cl. The van der Waals surface area contributed by atoms with Crippen molar-refractivity contribution in [3.63, 3.8) is 0 Å². The Morgan fingerprint density at radius 3 is 2.24 bits per heavy atom. The predicted molar refractivity (Wildman–Crippen MR) is 97.7 cm³/mol. The lowest BCUT2D eigenvalue weighted by molar-refractivity contribution is -0.137. The molecular formula is C19H22Cl2N2O2. The van der Waals surface area contributed by atoms with Crippen molar-refractivity contribution in [3.05, 3.63) is 35.4 Å². The van der Waals surface area contributed by atoms with Crippen LogP contribution in [-0.4, -0.2) is 33.1 Å². The van der Waals surface area contributed by atoms with E-state index >= 15 is 0 Å². The van der Waals surface area contributed by atoms with Gasteiger partial charge in [0.05, 0.1) is 5.41 Å². The summed E-state index contributed by atoms with van der Waals surface area (Å²) in [6.07, 6.45) is 4.71. The molecule has 0 heterocycles. The third-order valence-electron chi connectivity index (χ3n) is 5.46. The molecule has 3 aliphatic rings. The van der Waals surface area contributed by atoms with E-state index in [4.69, 9.17) is 23.2 Å². The average molecular weight is 381 g/mol. The van der Waals surface area contributed by atoms with Crippen LogP contribution in [0.15, 0.2) is 24.3 Å². The highest BCUT2D eigenvalue weighted by atomic mass is 35.5. The average Bonchev–Trinajstić information content (AvgIpc) is 3.43. The number of benzene rings is 1. The Morgan fingerprint density at radius 1 is 1.16 bits per heavy atom. The maximum Gasteiger partial charge on any atom is 0.251 e. The van der Waals surface area contributed by atoms with Crippen molar-refractivity contribution in [2.75, 3.05) is 0 Å². The third-order valence-corrected chi connectivity index (χ3v) is 6.56. The van der Waals surface area contributed by atoms with Gasteiger partial charge in [0.15, 0.2) is 0 Å². The van der Waals surface area contributed by atoms with E-state index in [9.17, 15) is 9.59 Å². The Hall–Kier alpha value is -1.26. The summed E-state index contributed by atoms with van der Waals surface area (Å²) >= 11 is 12.4. The zero-order valence-corrected chi connectivity index (χ0v) is 15.7. The summed E-state index contributed by atoms with van der Waals surface area (Å²) < 4.78 is -0.942. The summed E-state index contributed by atoms with van der Waals surface area (Å²) in [5, 5.41) is 2.98. The number of nitrogens with zero attached hydrogens (tertiary/aromatic N) is 1. The van der Waals surface area contributed by atoms with Crippen LogP contribution in [0.5, 0.6) is 0 Å². The van der Waals surface area contributed by atoms with Crippen LogP contribution in [0.25, 0.3) is 0 Å². The lowest BCUT2D eigenvalue weighted by Gasteiger charge is -2.27. The normalized spacial score (nSPS) is 26.8. The lowest BCUT2D eigenvalue weighted by Crippen LogP contribution is -2.39. The minimum Gasteiger partial charge on any atom is -0.349 e. The Morgan fingerprint density at radius 2 is 1.76 bits per heavy atom. The number of carbonyl (C=O) groups excluding carboxylic acids is 2. The van der Waals surface area contributed by atoms with E-state index in [-0.39, 0.29) is 17.9 Å². The molecule has 0 bridgehead atoms. The number of halogens is 2. The summed E-state index contributed by atoms with van der Waals surface area (Å²) in [6, 6.07) is 8.14. The molecule has 3 saturated carbocycles. The van der Waals surface area contributed by atoms with Gasteiger partial charge in [-0.1, -0.05) is 12.1 Å². The third kappa shape index (κ3) is 3.39. The molecule has 4 rings (SSSR count). The van der Waals surface area contributed by atoms with Crippen LogP contribution in [0.4, 0.5) is 0 Å². The van der Waals surface area contributed by atoms with Crippen molar-refractivity contribution in [3.8, 4) is 0 Å². The standard InChI is InChI=1S/C19H22Cl2N2O2/c1-18(11-19(18,20)21)17(25)23(15-8-9-15)10-12-2-4-13(5-3-12)16(24)22-14-6-7-14/h2-5,14-15H,6-11H2,1H3,(H,22,24). The van der Waals surface area contributed by atoms with E-state index in [1.807, 2.05) is 36.1 Å². The quantitative estimate of drug-likeness (QED) is 0.765. The van der Waals surface area contributed by atoms with Crippen LogP contribution in [-0.2, 0) is 11.3 Å². The van der Waals surface area contributed by atoms with Gasteiger partial charge in [0.1, 0.15) is 4.33 Å². The first kappa shape index (κ1) is 17.2. The number of rotatable bonds is 6. The van der Waals surface area contributed by atoms with Crippen LogP contribution in [0.1, 0.15) is 54.9 Å². The predicted octanol–water partition coefficient (Wildman–Crippen LogP) is 3.65. The molecule has 1 aromatic carbocycles. The lowest BCUT2D eigenvalue weighted by atomic mass is 10.1. The molecule has 25 heavy (non-hydrogen) atoms. The maximum absolute atomic E-state index is 12.9. The van der Waals surface area contributed by atoms with Gasteiger partial charge in [-0.05, 0) is 56.7 Å². The topological polar surface area (TPSA) is 49.4 Å². The summed E-state index contributed by atoms with van der Waals surface area (Å²) in [4.78, 5) is 26.9. The summed E-state index contributed by atoms with van der Waals surface area (Å²) in [5.41, 5.74) is 1.000. The molecule has 1 aromatic rings. The molecule has 2 amide bonds. The highest BCUT2D eigenvalue weighted by Gasteiger charge is 2.69. The van der Waals surface area contributed by atoms with Crippen molar-refractivity contribution < 1.29 is 9.59 Å². The van der Waals surface area contributed by atoms with Crippen molar-refractivity contribution in [2.24, 2.45) is 5.41 Å². The van der Waals surface area contributed by atoms with Gasteiger partial charge in [-0.15, -0.1) is 23.2 Å². The molecule has 1 atom stereocenters. The Balaban J connectivity index is 1.44. The maximum atomic E-state index is 12.9. The van der Waals surface area contributed by atoms with Gasteiger partial charge in [-0.25, -0.2) is 0 Å². The molecule has 6 heteroatoms. The number of nitrogens with one attached hydrogen (secondary N) is 1. The molecule has 0 radical (unpaired) electrons. The molecule has 0 saturated heterocycles. The fourth-order valence-electron chi connectivity index (χ4n) is 3.16. The second kappa shape index (κ2) is 5.88. The number of amides is 2. The highest BCUT2D eigenvalue weighted by molar-refractivity contribution is 6.53. The van der Waals surface area contributed by atoms with E-state index in [1.165, 1.54) is 0 Å². The number of carbonyl (C=O) groups is 2. The first-order valence-corrected chi connectivity index (χ1v) is 9.64. The number of alkyl halides is 2. The number of hydrogen-bond donors (Lipinski definition) is 1. The fraction of sp³-hybridized carbons (Fsp3) is 0.579. The van der Waals surface area contributed by atoms with Crippen LogP contribution < -0.4 is 5.32 Å². The molecule has 4 nitrogen and oxygen atoms in total. The van der Waals surface area contributed by atoms with Gasteiger partial charge in [0.25, 0.3) is 5.91 Å². The van der Waals surface area contributed by atoms with E-state index in [0.29, 0.717) is 24.6 Å². The fourth-order valence-corrected chi connectivity index (χ4v) is 3.85. The van der Waals surface area contributed by atoms with Crippen LogP contribution in [0.3, 0.4) is 0 Å². The Bertz CT molecular complexity index is 711. The van der Waals surface area contributed by atoms with Gasteiger partial charge in [-0.2, -0.15) is 0 Å². The Labute approximate surface area is 157 Å². The molecule has 1 N–H and O–H groups in total. The zero-order chi connectivity index (χ0) is 17.8. The highest BCUT2D eigenvalue weighted by Crippen LogP contribution is 2.65. The minimum atomic E-state index is -0.942. The van der Waals surface area contributed by atoms with Crippen LogP contribution >= 0.6 is 23.2 Å². The van der Waals surface area contributed by atoms with Crippen molar-refractivity contribution in [1.82, 2.24) is 10.2 Å². The second-order valence-electron chi connectivity index (χ2n) is 7.82. The van der Waals surface area contributed by atoms with E-state index in [1.54, 1.807) is 0 Å². The van der Waals surface area contributed by atoms with E-state index < -0.39 is 9.75 Å². The van der Waals surface area contributed by atoms with Gasteiger partial charge in [0, 0.05) is 24.2 Å². The van der Waals surface area contributed by atoms with Gasteiger partial charge >= 0.3 is 0 Å². The molecule has 3 aliphatic carbocycles. The molecule has 3 fully saturated rings. The molecule has 134 valence electrons. The van der Waals surface area contributed by atoms with Gasteiger partial charge in [-0.3, -0.25) is 9.59 Å². The van der Waals surface area contributed by atoms with Gasteiger partial charge in [0.2, 0.25) is 5.91 Å². The molecule has 1 unspecified atom stereocenters. The molecule has 0 spiro atoms. The van der Waals surface area contributed by atoms with Crippen LogP contribution in [0.2, 0.25) is 0 Å². The van der Waals surface area contributed by atoms with Gasteiger partial charge < -0.3 is 10.2 Å².